The van der Waals surface area contributed by atoms with Crippen LogP contribution in [0.25, 0.3) is 0 Å². The standard InChI is InChI=1S/C24H25F3N2O/c1-16-17(2)22(23(30)28(4)14-19-9-6-5-7-10-19)29(18(16)3)15-20-11-8-12-21(13-20)24(25,26)27/h5-13H,14-15H2,1-4H3. The number of amides is 1. The monoisotopic (exact) mass is 414 g/mol. The van der Waals surface area contributed by atoms with Crippen LogP contribution in [-0.2, 0) is 19.3 Å². The number of alkyl halides is 3. The quantitative estimate of drug-likeness (QED) is 0.522. The van der Waals surface area contributed by atoms with Gasteiger partial charge in [0, 0.05) is 25.8 Å². The third-order valence-electron chi connectivity index (χ3n) is 5.54. The normalized spacial score (nSPS) is 11.6. The van der Waals surface area contributed by atoms with Gasteiger partial charge >= 0.3 is 6.18 Å². The Morgan fingerprint density at radius 1 is 0.933 bits per heavy atom. The molecule has 0 N–H and O–H groups in total. The highest BCUT2D eigenvalue weighted by Crippen LogP contribution is 2.30. The molecule has 0 aliphatic heterocycles. The summed E-state index contributed by atoms with van der Waals surface area (Å²) in [6.07, 6.45) is -4.40. The topological polar surface area (TPSA) is 25.2 Å². The number of benzene rings is 2. The second kappa shape index (κ2) is 8.38. The predicted octanol–water partition coefficient (Wildman–Crippen LogP) is 5.75. The van der Waals surface area contributed by atoms with E-state index in [9.17, 15) is 18.0 Å². The summed E-state index contributed by atoms with van der Waals surface area (Å²) < 4.78 is 41.1. The summed E-state index contributed by atoms with van der Waals surface area (Å²) in [5, 5.41) is 0. The zero-order valence-electron chi connectivity index (χ0n) is 17.5. The summed E-state index contributed by atoms with van der Waals surface area (Å²) in [5.74, 6) is -0.153. The average molecular weight is 414 g/mol. The smallest absolute Gasteiger partial charge is 0.336 e. The molecule has 158 valence electrons. The Morgan fingerprint density at radius 3 is 2.20 bits per heavy atom. The molecule has 3 rings (SSSR count). The van der Waals surface area contributed by atoms with Gasteiger partial charge in [-0.2, -0.15) is 13.2 Å². The van der Waals surface area contributed by atoms with Crippen molar-refractivity contribution in [1.82, 2.24) is 9.47 Å². The zero-order valence-corrected chi connectivity index (χ0v) is 17.5. The lowest BCUT2D eigenvalue weighted by Crippen LogP contribution is -2.29. The largest absolute Gasteiger partial charge is 0.416 e. The van der Waals surface area contributed by atoms with Gasteiger partial charge in [0.05, 0.1) is 5.56 Å². The first-order valence-corrected chi connectivity index (χ1v) is 9.71. The van der Waals surface area contributed by atoms with Crippen LogP contribution in [0.5, 0.6) is 0 Å². The molecule has 0 aliphatic carbocycles. The number of carbonyl (C=O) groups excluding carboxylic acids is 1. The van der Waals surface area contributed by atoms with Gasteiger partial charge in [-0.3, -0.25) is 4.79 Å². The number of hydrogen-bond donors (Lipinski definition) is 0. The number of rotatable bonds is 5. The van der Waals surface area contributed by atoms with E-state index in [-0.39, 0.29) is 12.5 Å². The summed E-state index contributed by atoms with van der Waals surface area (Å²) in [5.41, 5.74) is 4.04. The third-order valence-corrected chi connectivity index (χ3v) is 5.54. The van der Waals surface area contributed by atoms with Crippen molar-refractivity contribution in [3.8, 4) is 0 Å². The highest BCUT2D eigenvalue weighted by Gasteiger charge is 2.30. The van der Waals surface area contributed by atoms with Crippen LogP contribution in [0.4, 0.5) is 13.2 Å². The molecule has 0 bridgehead atoms. The maximum Gasteiger partial charge on any atom is 0.416 e. The molecule has 1 amide bonds. The van der Waals surface area contributed by atoms with Crippen molar-refractivity contribution in [2.24, 2.45) is 0 Å². The maximum absolute atomic E-state index is 13.3. The highest BCUT2D eigenvalue weighted by atomic mass is 19.4. The zero-order chi connectivity index (χ0) is 22.1. The Labute approximate surface area is 174 Å². The van der Waals surface area contributed by atoms with E-state index in [1.807, 2.05) is 55.7 Å². The van der Waals surface area contributed by atoms with E-state index in [4.69, 9.17) is 0 Å². The Balaban J connectivity index is 1.95. The molecule has 0 saturated carbocycles. The first-order chi connectivity index (χ1) is 14.1. The fraction of sp³-hybridized carbons (Fsp3) is 0.292. The van der Waals surface area contributed by atoms with Crippen LogP contribution in [0, 0.1) is 20.8 Å². The molecule has 3 nitrogen and oxygen atoms in total. The number of aromatic nitrogens is 1. The van der Waals surface area contributed by atoms with Crippen LogP contribution in [0.15, 0.2) is 54.6 Å². The van der Waals surface area contributed by atoms with E-state index in [2.05, 4.69) is 0 Å². The van der Waals surface area contributed by atoms with Crippen LogP contribution >= 0.6 is 0 Å². The molecule has 0 saturated heterocycles. The third kappa shape index (κ3) is 4.42. The summed E-state index contributed by atoms with van der Waals surface area (Å²) in [7, 11) is 1.74. The lowest BCUT2D eigenvalue weighted by Gasteiger charge is -2.20. The van der Waals surface area contributed by atoms with E-state index in [0.29, 0.717) is 17.8 Å². The molecule has 1 aromatic heterocycles. The van der Waals surface area contributed by atoms with E-state index in [1.165, 1.54) is 6.07 Å². The molecular weight excluding hydrogens is 389 g/mol. The number of carbonyl (C=O) groups is 1. The van der Waals surface area contributed by atoms with Crippen molar-refractivity contribution < 1.29 is 18.0 Å². The van der Waals surface area contributed by atoms with Crippen molar-refractivity contribution in [2.75, 3.05) is 7.05 Å². The fourth-order valence-electron chi connectivity index (χ4n) is 3.63. The molecule has 0 aliphatic rings. The molecule has 0 radical (unpaired) electrons. The Bertz CT molecular complexity index is 1050. The fourth-order valence-corrected chi connectivity index (χ4v) is 3.63. The average Bonchev–Trinajstić information content (AvgIpc) is 2.91. The molecule has 2 aromatic carbocycles. The van der Waals surface area contributed by atoms with Gasteiger partial charge in [-0.15, -0.1) is 0 Å². The molecule has 6 heteroatoms. The summed E-state index contributed by atoms with van der Waals surface area (Å²) in [4.78, 5) is 14.9. The van der Waals surface area contributed by atoms with Crippen molar-refractivity contribution >= 4 is 5.91 Å². The molecule has 0 spiro atoms. The van der Waals surface area contributed by atoms with Gasteiger partial charge in [0.25, 0.3) is 5.91 Å². The van der Waals surface area contributed by atoms with Crippen LogP contribution in [-0.4, -0.2) is 22.4 Å². The second-order valence-electron chi connectivity index (χ2n) is 7.62. The van der Waals surface area contributed by atoms with Crippen LogP contribution in [0.2, 0.25) is 0 Å². The van der Waals surface area contributed by atoms with Crippen molar-refractivity contribution in [3.63, 3.8) is 0 Å². The van der Waals surface area contributed by atoms with Gasteiger partial charge in [0.15, 0.2) is 0 Å². The predicted molar refractivity (Wildman–Crippen MR) is 111 cm³/mol. The lowest BCUT2D eigenvalue weighted by atomic mass is 10.1. The number of halogens is 3. The molecule has 0 atom stereocenters. The summed E-state index contributed by atoms with van der Waals surface area (Å²) in [6, 6.07) is 14.9. The Morgan fingerprint density at radius 2 is 1.57 bits per heavy atom. The van der Waals surface area contributed by atoms with Crippen LogP contribution in [0.1, 0.15) is 44.0 Å². The molecule has 0 unspecified atom stereocenters. The van der Waals surface area contributed by atoms with Crippen molar-refractivity contribution in [2.45, 2.75) is 40.0 Å². The molecule has 3 aromatic rings. The van der Waals surface area contributed by atoms with Gasteiger partial charge in [0.2, 0.25) is 0 Å². The van der Waals surface area contributed by atoms with Gasteiger partial charge < -0.3 is 9.47 Å². The van der Waals surface area contributed by atoms with E-state index in [1.54, 1.807) is 18.0 Å². The van der Waals surface area contributed by atoms with E-state index < -0.39 is 11.7 Å². The van der Waals surface area contributed by atoms with Crippen molar-refractivity contribution in [1.29, 1.82) is 0 Å². The molecule has 30 heavy (non-hydrogen) atoms. The summed E-state index contributed by atoms with van der Waals surface area (Å²) >= 11 is 0. The minimum atomic E-state index is -4.40. The highest BCUT2D eigenvalue weighted by molar-refractivity contribution is 5.94. The van der Waals surface area contributed by atoms with Gasteiger partial charge in [-0.05, 0) is 55.2 Å². The maximum atomic E-state index is 13.3. The Kier molecular flexibility index (Phi) is 6.06. The Hall–Kier alpha value is -3.02. The first kappa shape index (κ1) is 21.7. The molecule has 0 fully saturated rings. The van der Waals surface area contributed by atoms with Crippen LogP contribution < -0.4 is 0 Å². The van der Waals surface area contributed by atoms with E-state index in [0.717, 1.165) is 34.5 Å². The summed E-state index contributed by atoms with van der Waals surface area (Å²) in [6.45, 7) is 6.36. The lowest BCUT2D eigenvalue weighted by molar-refractivity contribution is -0.137. The van der Waals surface area contributed by atoms with Crippen LogP contribution in [0.3, 0.4) is 0 Å². The van der Waals surface area contributed by atoms with E-state index >= 15 is 0 Å². The van der Waals surface area contributed by atoms with Crippen molar-refractivity contribution in [3.05, 3.63) is 93.8 Å². The van der Waals surface area contributed by atoms with Gasteiger partial charge in [0.1, 0.15) is 5.69 Å². The SMILES string of the molecule is Cc1c(C)c(C(=O)N(C)Cc2ccccc2)n(Cc2cccc(C(F)(F)F)c2)c1C. The first-order valence-electron chi connectivity index (χ1n) is 9.71. The molecular formula is C24H25F3N2O. The minimum absolute atomic E-state index is 0.153. The number of nitrogens with zero attached hydrogens (tertiary/aromatic N) is 2. The molecule has 1 heterocycles. The second-order valence-corrected chi connectivity index (χ2v) is 7.62. The number of hydrogen-bond acceptors (Lipinski definition) is 1. The van der Waals surface area contributed by atoms with Gasteiger partial charge in [-0.25, -0.2) is 0 Å². The minimum Gasteiger partial charge on any atom is -0.336 e. The van der Waals surface area contributed by atoms with Gasteiger partial charge in [-0.1, -0.05) is 42.5 Å².